The first kappa shape index (κ1) is 11.9. The Bertz CT molecular complexity index is 378. The summed E-state index contributed by atoms with van der Waals surface area (Å²) in [6.07, 6.45) is 4.19. The molecule has 0 aromatic heterocycles. The molecule has 0 saturated carbocycles. The summed E-state index contributed by atoms with van der Waals surface area (Å²) in [5, 5.41) is 12.7. The van der Waals surface area contributed by atoms with Crippen LogP contribution in [0.4, 0.5) is 4.39 Å². The van der Waals surface area contributed by atoms with Crippen molar-refractivity contribution >= 4 is 15.9 Å². The fraction of sp³-hybridized carbons (Fsp3) is 0.500. The number of nitrogens with one attached hydrogen (secondary N) is 1. The third kappa shape index (κ3) is 2.74. The Morgan fingerprint density at radius 1 is 1.44 bits per heavy atom. The smallest absolute Gasteiger partial charge is 0.132 e. The lowest BCUT2D eigenvalue weighted by Crippen LogP contribution is -2.35. The molecule has 1 aromatic carbocycles. The van der Waals surface area contributed by atoms with E-state index in [2.05, 4.69) is 21.2 Å². The number of hydrogen-bond acceptors (Lipinski definition) is 2. The highest BCUT2D eigenvalue weighted by Gasteiger charge is 2.16. The van der Waals surface area contributed by atoms with Gasteiger partial charge in [-0.3, -0.25) is 0 Å². The Kier molecular flexibility index (Phi) is 3.82. The van der Waals surface area contributed by atoms with Crippen LogP contribution in [-0.4, -0.2) is 17.7 Å². The van der Waals surface area contributed by atoms with Gasteiger partial charge in [0.15, 0.2) is 0 Å². The first-order valence-corrected chi connectivity index (χ1v) is 6.36. The van der Waals surface area contributed by atoms with E-state index in [1.165, 1.54) is 18.9 Å². The van der Waals surface area contributed by atoms with Crippen molar-refractivity contribution in [2.24, 2.45) is 0 Å². The van der Waals surface area contributed by atoms with Crippen LogP contribution in [0, 0.1) is 5.82 Å². The molecule has 1 aliphatic rings. The van der Waals surface area contributed by atoms with Crippen LogP contribution in [0.3, 0.4) is 0 Å². The maximum absolute atomic E-state index is 13.6. The van der Waals surface area contributed by atoms with Crippen molar-refractivity contribution in [1.29, 1.82) is 0 Å². The van der Waals surface area contributed by atoms with Gasteiger partial charge in [0.2, 0.25) is 0 Å². The van der Waals surface area contributed by atoms with Crippen LogP contribution in [0.1, 0.15) is 24.8 Å². The standard InChI is InChI=1S/C12H15BrFNO/c13-10-6-8(11(14)7-12(10)16)5-9-3-1-2-4-15-9/h6-7,9,15-16H,1-5H2. The molecule has 0 spiro atoms. The van der Waals surface area contributed by atoms with Gasteiger partial charge in [0.25, 0.3) is 0 Å². The first-order valence-electron chi connectivity index (χ1n) is 5.57. The Labute approximate surface area is 103 Å². The van der Waals surface area contributed by atoms with Crippen molar-refractivity contribution in [3.63, 3.8) is 0 Å². The summed E-state index contributed by atoms with van der Waals surface area (Å²) in [7, 11) is 0. The molecule has 1 atom stereocenters. The number of benzene rings is 1. The van der Waals surface area contributed by atoms with Gasteiger partial charge in [-0.2, -0.15) is 0 Å². The van der Waals surface area contributed by atoms with Crippen LogP contribution >= 0.6 is 15.9 Å². The molecule has 2 rings (SSSR count). The quantitative estimate of drug-likeness (QED) is 0.877. The number of halogens is 2. The van der Waals surface area contributed by atoms with Gasteiger partial charge in [-0.15, -0.1) is 0 Å². The third-order valence-electron chi connectivity index (χ3n) is 2.99. The van der Waals surface area contributed by atoms with Gasteiger partial charge >= 0.3 is 0 Å². The number of phenols is 1. The van der Waals surface area contributed by atoms with Gasteiger partial charge in [-0.25, -0.2) is 4.39 Å². The Balaban J connectivity index is 2.11. The van der Waals surface area contributed by atoms with E-state index >= 15 is 0 Å². The van der Waals surface area contributed by atoms with E-state index in [0.717, 1.165) is 13.0 Å². The molecule has 0 radical (unpaired) electrons. The molecule has 1 unspecified atom stereocenters. The SMILES string of the molecule is Oc1cc(F)c(CC2CCCCN2)cc1Br. The second kappa shape index (κ2) is 5.15. The van der Waals surface area contributed by atoms with Crippen LogP contribution in [0.15, 0.2) is 16.6 Å². The summed E-state index contributed by atoms with van der Waals surface area (Å²) in [6, 6.07) is 3.20. The van der Waals surface area contributed by atoms with Crippen molar-refractivity contribution in [3.05, 3.63) is 28.0 Å². The summed E-state index contributed by atoms with van der Waals surface area (Å²) < 4.78 is 14.1. The highest BCUT2D eigenvalue weighted by molar-refractivity contribution is 9.10. The Hall–Kier alpha value is -0.610. The molecule has 1 aliphatic heterocycles. The average molecular weight is 288 g/mol. The normalized spacial score (nSPS) is 21.0. The van der Waals surface area contributed by atoms with Crippen molar-refractivity contribution in [2.45, 2.75) is 31.7 Å². The molecule has 1 aromatic rings. The lowest BCUT2D eigenvalue weighted by molar-refractivity contribution is 0.394. The molecule has 1 heterocycles. The molecule has 2 nitrogen and oxygen atoms in total. The molecule has 4 heteroatoms. The maximum atomic E-state index is 13.6. The van der Waals surface area contributed by atoms with Crippen molar-refractivity contribution < 1.29 is 9.50 Å². The predicted octanol–water partition coefficient (Wildman–Crippen LogP) is 2.98. The van der Waals surface area contributed by atoms with Crippen molar-refractivity contribution in [2.75, 3.05) is 6.54 Å². The highest BCUT2D eigenvalue weighted by Crippen LogP contribution is 2.28. The van der Waals surface area contributed by atoms with E-state index < -0.39 is 0 Å². The largest absolute Gasteiger partial charge is 0.507 e. The lowest BCUT2D eigenvalue weighted by atomic mass is 9.97. The zero-order chi connectivity index (χ0) is 11.5. The molecule has 2 N–H and O–H groups in total. The minimum absolute atomic E-state index is 0.0437. The summed E-state index contributed by atoms with van der Waals surface area (Å²) in [4.78, 5) is 0. The summed E-state index contributed by atoms with van der Waals surface area (Å²) >= 11 is 3.21. The Morgan fingerprint density at radius 3 is 2.94 bits per heavy atom. The van der Waals surface area contributed by atoms with Crippen LogP contribution < -0.4 is 5.32 Å². The van der Waals surface area contributed by atoms with Gasteiger partial charge in [0.05, 0.1) is 4.47 Å². The molecule has 1 fully saturated rings. The van der Waals surface area contributed by atoms with E-state index in [4.69, 9.17) is 0 Å². The van der Waals surface area contributed by atoms with Gasteiger partial charge in [-0.05, 0) is 53.4 Å². The molecular formula is C12H15BrFNO. The molecule has 0 aliphatic carbocycles. The predicted molar refractivity (Wildman–Crippen MR) is 65.1 cm³/mol. The number of phenolic OH excluding ortho intramolecular Hbond substituents is 1. The van der Waals surface area contributed by atoms with Gasteiger partial charge in [0, 0.05) is 12.1 Å². The number of piperidine rings is 1. The fourth-order valence-corrected chi connectivity index (χ4v) is 2.49. The van der Waals surface area contributed by atoms with Crippen LogP contribution in [0.2, 0.25) is 0 Å². The van der Waals surface area contributed by atoms with Crippen molar-refractivity contribution in [1.82, 2.24) is 5.32 Å². The number of rotatable bonds is 2. The summed E-state index contributed by atoms with van der Waals surface area (Å²) in [5.74, 6) is -0.370. The minimum Gasteiger partial charge on any atom is -0.507 e. The van der Waals surface area contributed by atoms with E-state index in [9.17, 15) is 9.50 Å². The molecular weight excluding hydrogens is 273 g/mol. The van der Waals surface area contributed by atoms with E-state index in [1.807, 2.05) is 0 Å². The second-order valence-corrected chi connectivity index (χ2v) is 5.10. The summed E-state index contributed by atoms with van der Waals surface area (Å²) in [5.41, 5.74) is 0.657. The van der Waals surface area contributed by atoms with Crippen LogP contribution in [0.5, 0.6) is 5.75 Å². The van der Waals surface area contributed by atoms with E-state index in [0.29, 0.717) is 22.5 Å². The maximum Gasteiger partial charge on any atom is 0.132 e. The first-order chi connectivity index (χ1) is 7.66. The van der Waals surface area contributed by atoms with Crippen molar-refractivity contribution in [3.8, 4) is 5.75 Å². The van der Waals surface area contributed by atoms with Gasteiger partial charge in [0.1, 0.15) is 11.6 Å². The highest BCUT2D eigenvalue weighted by atomic mass is 79.9. The molecule has 88 valence electrons. The Morgan fingerprint density at radius 2 is 2.25 bits per heavy atom. The number of hydrogen-bond donors (Lipinski definition) is 2. The summed E-state index contributed by atoms with van der Waals surface area (Å²) in [6.45, 7) is 1.02. The van der Waals surface area contributed by atoms with Gasteiger partial charge in [-0.1, -0.05) is 6.42 Å². The molecule has 1 saturated heterocycles. The minimum atomic E-state index is -0.326. The molecule has 0 bridgehead atoms. The van der Waals surface area contributed by atoms with E-state index in [1.54, 1.807) is 6.07 Å². The third-order valence-corrected chi connectivity index (χ3v) is 3.63. The fourth-order valence-electron chi connectivity index (χ4n) is 2.10. The zero-order valence-corrected chi connectivity index (χ0v) is 10.6. The zero-order valence-electron chi connectivity index (χ0n) is 8.97. The molecule has 16 heavy (non-hydrogen) atoms. The monoisotopic (exact) mass is 287 g/mol. The molecule has 0 amide bonds. The lowest BCUT2D eigenvalue weighted by Gasteiger charge is -2.23. The van der Waals surface area contributed by atoms with Crippen LogP contribution in [-0.2, 0) is 6.42 Å². The van der Waals surface area contributed by atoms with Gasteiger partial charge < -0.3 is 10.4 Å². The topological polar surface area (TPSA) is 32.3 Å². The number of aromatic hydroxyl groups is 1. The second-order valence-electron chi connectivity index (χ2n) is 4.25. The van der Waals surface area contributed by atoms with E-state index in [-0.39, 0.29) is 11.6 Å². The average Bonchev–Trinajstić information content (AvgIpc) is 2.27. The van der Waals surface area contributed by atoms with Crippen LogP contribution in [0.25, 0.3) is 0 Å².